The maximum Gasteiger partial charge on any atom is 0.188 e. The minimum Gasteiger partial charge on any atom is -0.381 e. The van der Waals surface area contributed by atoms with Gasteiger partial charge in [-0.3, -0.25) is 11.5 Å². The fourth-order valence-electron chi connectivity index (χ4n) is 0.743. The van der Waals surface area contributed by atoms with Crippen LogP contribution in [0.15, 0.2) is 0 Å². The molecular weight excluding hydrogens is 180 g/mol. The fourth-order valence-corrected chi connectivity index (χ4v) is 0.743. The van der Waals surface area contributed by atoms with Crippen LogP contribution < -0.4 is 11.5 Å². The van der Waals surface area contributed by atoms with Gasteiger partial charge >= 0.3 is 0 Å². The first kappa shape index (κ1) is 12.7. The highest BCUT2D eigenvalue weighted by molar-refractivity contribution is 4.72. The quantitative estimate of drug-likeness (QED) is 0.236. The molecule has 0 saturated carbocycles. The van der Waals surface area contributed by atoms with Crippen molar-refractivity contribution in [2.24, 2.45) is 11.5 Å². The maximum absolute atomic E-state index is 8.72. The third-order valence-electron chi connectivity index (χ3n) is 1.70. The molecule has 80 valence electrons. The van der Waals surface area contributed by atoms with Crippen LogP contribution >= 0.6 is 0 Å². The first-order chi connectivity index (χ1) is 6.04. The monoisotopic (exact) mass is 196 g/mol. The molecule has 0 atom stereocenters. The molecule has 8 nitrogen and oxygen atoms in total. The second-order valence-corrected chi connectivity index (χ2v) is 2.43. The summed E-state index contributed by atoms with van der Waals surface area (Å²) in [6, 6.07) is 0. The molecule has 0 fully saturated rings. The van der Waals surface area contributed by atoms with E-state index in [2.05, 4.69) is 0 Å². The maximum atomic E-state index is 8.72. The third-order valence-corrected chi connectivity index (χ3v) is 1.70. The van der Waals surface area contributed by atoms with Crippen molar-refractivity contribution in [3.63, 3.8) is 0 Å². The minimum atomic E-state index is -1.80. The van der Waals surface area contributed by atoms with Gasteiger partial charge in [-0.05, 0) is 0 Å². The molecule has 0 aliphatic carbocycles. The molecule has 0 aliphatic rings. The van der Waals surface area contributed by atoms with Crippen molar-refractivity contribution in [2.75, 3.05) is 26.9 Å². The number of nitrogens with zero attached hydrogens (tertiary/aromatic N) is 2. The van der Waals surface area contributed by atoms with Gasteiger partial charge in [-0.2, -0.15) is 0 Å². The summed E-state index contributed by atoms with van der Waals surface area (Å²) in [7, 11) is 0. The Balaban J connectivity index is 4.48. The van der Waals surface area contributed by atoms with E-state index in [9.17, 15) is 0 Å². The zero-order chi connectivity index (χ0) is 10.5. The standard InChI is InChI=1S/C5H16N4O4/c6-5(7,8(1-10)2-11)9(3-12)4-13/h10-13H,1-4,6-7H2. The van der Waals surface area contributed by atoms with Crippen LogP contribution in [0.1, 0.15) is 0 Å². The van der Waals surface area contributed by atoms with Crippen molar-refractivity contribution in [3.05, 3.63) is 0 Å². The van der Waals surface area contributed by atoms with Gasteiger partial charge in [0.1, 0.15) is 26.9 Å². The number of aliphatic hydroxyl groups is 4. The Hall–Kier alpha value is -0.320. The lowest BCUT2D eigenvalue weighted by molar-refractivity contribution is -0.167. The van der Waals surface area contributed by atoms with E-state index in [1.807, 2.05) is 0 Å². The molecule has 0 unspecified atom stereocenters. The van der Waals surface area contributed by atoms with Gasteiger partial charge in [0, 0.05) is 0 Å². The van der Waals surface area contributed by atoms with Crippen LogP contribution in [0.2, 0.25) is 0 Å². The number of aliphatic hydroxyl groups excluding tert-OH is 4. The van der Waals surface area contributed by atoms with Crippen molar-refractivity contribution in [1.29, 1.82) is 0 Å². The molecule has 0 spiro atoms. The highest BCUT2D eigenvalue weighted by atomic mass is 16.3. The van der Waals surface area contributed by atoms with Crippen molar-refractivity contribution >= 4 is 0 Å². The van der Waals surface area contributed by atoms with Crippen LogP contribution in [0.3, 0.4) is 0 Å². The number of hydrogen-bond acceptors (Lipinski definition) is 8. The molecule has 0 radical (unpaired) electrons. The number of rotatable bonds is 6. The van der Waals surface area contributed by atoms with Crippen molar-refractivity contribution in [3.8, 4) is 0 Å². The topological polar surface area (TPSA) is 139 Å². The SMILES string of the molecule is NC(N)(N(CO)CO)N(CO)CO. The van der Waals surface area contributed by atoms with Crippen LogP contribution in [0, 0.1) is 0 Å². The molecule has 0 aromatic carbocycles. The third kappa shape index (κ3) is 2.83. The van der Waals surface area contributed by atoms with Crippen LogP contribution in [-0.4, -0.2) is 63.1 Å². The highest BCUT2D eigenvalue weighted by Gasteiger charge is 2.33. The van der Waals surface area contributed by atoms with Gasteiger partial charge in [-0.15, -0.1) is 0 Å². The predicted octanol–water partition coefficient (Wildman–Crippen LogP) is -4.08. The summed E-state index contributed by atoms with van der Waals surface area (Å²) in [5, 5.41) is 34.9. The average Bonchev–Trinajstić information content (AvgIpc) is 2.07. The second-order valence-electron chi connectivity index (χ2n) is 2.43. The molecule has 8 heteroatoms. The number of nitrogens with two attached hydrogens (primary N) is 2. The number of hydrogen-bond donors (Lipinski definition) is 6. The summed E-state index contributed by atoms with van der Waals surface area (Å²) in [6.45, 7) is -2.39. The normalized spacial score (nSPS) is 12.9. The van der Waals surface area contributed by atoms with Crippen LogP contribution in [0.5, 0.6) is 0 Å². The second kappa shape index (κ2) is 5.42. The molecule has 0 aromatic heterocycles. The Bertz CT molecular complexity index is 122. The summed E-state index contributed by atoms with van der Waals surface area (Å²) < 4.78 is 0. The van der Waals surface area contributed by atoms with Crippen LogP contribution in [-0.2, 0) is 0 Å². The summed E-state index contributed by atoms with van der Waals surface area (Å²) >= 11 is 0. The Morgan fingerprint density at radius 2 is 1.00 bits per heavy atom. The lowest BCUT2D eigenvalue weighted by atomic mass is 10.5. The summed E-state index contributed by atoms with van der Waals surface area (Å²) in [4.78, 5) is 1.69. The van der Waals surface area contributed by atoms with E-state index in [0.717, 1.165) is 9.80 Å². The fraction of sp³-hybridized carbons (Fsp3) is 1.00. The summed E-state index contributed by atoms with van der Waals surface area (Å²) in [5.41, 5.74) is 10.9. The van der Waals surface area contributed by atoms with Gasteiger partial charge < -0.3 is 20.4 Å². The van der Waals surface area contributed by atoms with Crippen LogP contribution in [0.4, 0.5) is 0 Å². The molecule has 0 saturated heterocycles. The van der Waals surface area contributed by atoms with Crippen LogP contribution in [0.25, 0.3) is 0 Å². The summed E-state index contributed by atoms with van der Waals surface area (Å²) in [6.07, 6.45) is 0. The van der Waals surface area contributed by atoms with Gasteiger partial charge in [0.15, 0.2) is 5.91 Å². The molecule has 0 aliphatic heterocycles. The molecular formula is C5H16N4O4. The zero-order valence-electron chi connectivity index (χ0n) is 7.17. The van der Waals surface area contributed by atoms with Crippen molar-refractivity contribution < 1.29 is 20.4 Å². The summed E-state index contributed by atoms with van der Waals surface area (Å²) in [5.74, 6) is -1.80. The predicted molar refractivity (Wildman–Crippen MR) is 43.1 cm³/mol. The minimum absolute atomic E-state index is 0.597. The first-order valence-electron chi connectivity index (χ1n) is 3.55. The molecule has 8 N–H and O–H groups in total. The lowest BCUT2D eigenvalue weighted by Gasteiger charge is -2.41. The van der Waals surface area contributed by atoms with E-state index in [-0.39, 0.29) is 0 Å². The largest absolute Gasteiger partial charge is 0.381 e. The van der Waals surface area contributed by atoms with Gasteiger partial charge in [-0.25, -0.2) is 9.80 Å². The van der Waals surface area contributed by atoms with Crippen molar-refractivity contribution in [2.45, 2.75) is 5.91 Å². The van der Waals surface area contributed by atoms with Gasteiger partial charge in [0.25, 0.3) is 0 Å². The molecule has 0 aromatic rings. The van der Waals surface area contributed by atoms with Gasteiger partial charge in [0.05, 0.1) is 0 Å². The molecule has 0 rings (SSSR count). The average molecular weight is 196 g/mol. The zero-order valence-corrected chi connectivity index (χ0v) is 7.17. The van der Waals surface area contributed by atoms with E-state index in [4.69, 9.17) is 31.9 Å². The lowest BCUT2D eigenvalue weighted by Crippen LogP contribution is -2.73. The smallest absolute Gasteiger partial charge is 0.188 e. The Morgan fingerprint density at radius 1 is 0.769 bits per heavy atom. The Kier molecular flexibility index (Phi) is 5.29. The molecule has 0 heterocycles. The molecule has 0 amide bonds. The van der Waals surface area contributed by atoms with Gasteiger partial charge in [0.2, 0.25) is 0 Å². The molecule has 13 heavy (non-hydrogen) atoms. The Labute approximate surface area is 75.6 Å². The van der Waals surface area contributed by atoms with E-state index in [1.165, 1.54) is 0 Å². The van der Waals surface area contributed by atoms with Crippen molar-refractivity contribution in [1.82, 2.24) is 9.80 Å². The van der Waals surface area contributed by atoms with E-state index in [0.29, 0.717) is 0 Å². The first-order valence-corrected chi connectivity index (χ1v) is 3.55. The van der Waals surface area contributed by atoms with E-state index in [1.54, 1.807) is 0 Å². The Morgan fingerprint density at radius 3 is 1.15 bits per heavy atom. The van der Waals surface area contributed by atoms with E-state index >= 15 is 0 Å². The highest BCUT2D eigenvalue weighted by Crippen LogP contribution is 2.05. The van der Waals surface area contributed by atoms with E-state index < -0.39 is 32.8 Å². The van der Waals surface area contributed by atoms with Gasteiger partial charge in [-0.1, -0.05) is 0 Å². The molecule has 0 bridgehead atoms.